The summed E-state index contributed by atoms with van der Waals surface area (Å²) >= 11 is 0. The first-order valence-electron chi connectivity index (χ1n) is 4.40. The molecule has 0 aromatic heterocycles. The van der Waals surface area contributed by atoms with Gasteiger partial charge in [0.2, 0.25) is 5.90 Å². The van der Waals surface area contributed by atoms with E-state index in [1.54, 1.807) is 12.1 Å². The van der Waals surface area contributed by atoms with Gasteiger partial charge in [-0.15, -0.1) is 12.4 Å². The third-order valence-electron chi connectivity index (χ3n) is 1.85. The van der Waals surface area contributed by atoms with Gasteiger partial charge in [-0.25, -0.2) is 0 Å². The van der Waals surface area contributed by atoms with Crippen molar-refractivity contribution in [1.29, 1.82) is 0 Å². The molecular weight excluding hydrogens is 250 g/mol. The van der Waals surface area contributed by atoms with Crippen molar-refractivity contribution in [2.75, 3.05) is 7.05 Å². The fraction of sp³-hybridized carbons (Fsp3) is 0.300. The molecule has 0 saturated heterocycles. The van der Waals surface area contributed by atoms with Crippen molar-refractivity contribution in [3.05, 3.63) is 29.8 Å². The van der Waals surface area contributed by atoms with Gasteiger partial charge in [0, 0.05) is 14.0 Å². The Kier molecular flexibility index (Phi) is 5.47. The predicted octanol–water partition coefficient (Wildman–Crippen LogP) is 2.17. The van der Waals surface area contributed by atoms with E-state index in [9.17, 15) is 8.42 Å². The first kappa shape index (κ1) is 14.9. The van der Waals surface area contributed by atoms with Crippen molar-refractivity contribution in [2.24, 2.45) is 4.99 Å². The van der Waals surface area contributed by atoms with Crippen molar-refractivity contribution in [3.8, 4) is 0 Å². The zero-order valence-electron chi connectivity index (χ0n) is 9.30. The van der Waals surface area contributed by atoms with Gasteiger partial charge in [-0.2, -0.15) is 8.42 Å². The average molecular weight is 264 g/mol. The zero-order chi connectivity index (χ0) is 11.5. The SMILES string of the molecule is C/N=C(/C)OS(=O)(=O)c1ccc(C)cc1.Cl. The molecule has 0 spiro atoms. The molecule has 0 bridgehead atoms. The van der Waals surface area contributed by atoms with Gasteiger partial charge in [0.15, 0.2) is 0 Å². The lowest BCUT2D eigenvalue weighted by molar-refractivity contribution is 0.479. The second-order valence-corrected chi connectivity index (χ2v) is 4.64. The first-order valence-corrected chi connectivity index (χ1v) is 5.81. The number of aliphatic imine (C=N–C) groups is 1. The normalized spacial score (nSPS) is 11.8. The molecule has 0 aliphatic carbocycles. The van der Waals surface area contributed by atoms with Crippen LogP contribution in [0.25, 0.3) is 0 Å². The summed E-state index contributed by atoms with van der Waals surface area (Å²) in [6.45, 7) is 3.38. The lowest BCUT2D eigenvalue weighted by Crippen LogP contribution is -2.10. The highest BCUT2D eigenvalue weighted by atomic mass is 35.5. The van der Waals surface area contributed by atoms with E-state index in [1.165, 1.54) is 26.1 Å². The maximum absolute atomic E-state index is 11.6. The summed E-state index contributed by atoms with van der Waals surface area (Å²) in [6, 6.07) is 6.45. The standard InChI is InChI=1S/C10H13NO3S.ClH/c1-8-4-6-10(7-5-8)15(12,13)14-9(2)11-3;/h4-7H,1-3H3;1H/b11-9-;. The molecule has 0 aliphatic heterocycles. The molecule has 16 heavy (non-hydrogen) atoms. The lowest BCUT2D eigenvalue weighted by atomic mass is 10.2. The maximum Gasteiger partial charge on any atom is 0.340 e. The Labute approximate surface area is 102 Å². The van der Waals surface area contributed by atoms with E-state index < -0.39 is 10.1 Å². The molecule has 4 nitrogen and oxygen atoms in total. The van der Waals surface area contributed by atoms with Crippen LogP contribution in [-0.2, 0) is 14.3 Å². The minimum absolute atomic E-state index is 0. The zero-order valence-corrected chi connectivity index (χ0v) is 10.9. The van der Waals surface area contributed by atoms with Crippen LogP contribution in [0, 0.1) is 6.92 Å². The molecule has 0 fully saturated rings. The Balaban J connectivity index is 0.00000225. The van der Waals surface area contributed by atoms with Crippen LogP contribution >= 0.6 is 12.4 Å². The minimum atomic E-state index is -3.72. The van der Waals surface area contributed by atoms with Crippen LogP contribution in [0.15, 0.2) is 34.2 Å². The molecule has 1 aromatic carbocycles. The summed E-state index contributed by atoms with van der Waals surface area (Å²) in [7, 11) is -2.25. The van der Waals surface area contributed by atoms with Gasteiger partial charge in [-0.3, -0.25) is 4.99 Å². The molecule has 1 rings (SSSR count). The molecule has 0 heterocycles. The molecule has 1 aromatic rings. The van der Waals surface area contributed by atoms with Gasteiger partial charge < -0.3 is 4.18 Å². The molecular formula is C10H14ClNO3S. The van der Waals surface area contributed by atoms with E-state index in [1.807, 2.05) is 6.92 Å². The summed E-state index contributed by atoms with van der Waals surface area (Å²) in [6.07, 6.45) is 0. The summed E-state index contributed by atoms with van der Waals surface area (Å²) in [5.74, 6) is 0.121. The van der Waals surface area contributed by atoms with E-state index >= 15 is 0 Å². The van der Waals surface area contributed by atoms with Gasteiger partial charge in [0.25, 0.3) is 0 Å². The fourth-order valence-corrected chi connectivity index (χ4v) is 1.91. The maximum atomic E-state index is 11.6. The van der Waals surface area contributed by atoms with Crippen LogP contribution in [0.1, 0.15) is 12.5 Å². The Morgan fingerprint density at radius 3 is 2.19 bits per heavy atom. The van der Waals surface area contributed by atoms with Crippen LogP contribution < -0.4 is 0 Å². The molecule has 0 atom stereocenters. The summed E-state index contributed by atoms with van der Waals surface area (Å²) in [5, 5.41) is 0. The average Bonchev–Trinajstić information content (AvgIpc) is 2.17. The number of benzene rings is 1. The van der Waals surface area contributed by atoms with Crippen LogP contribution in [0.4, 0.5) is 0 Å². The van der Waals surface area contributed by atoms with Crippen LogP contribution in [0.2, 0.25) is 0 Å². The lowest BCUT2D eigenvalue weighted by Gasteiger charge is -2.05. The van der Waals surface area contributed by atoms with E-state index in [0.717, 1.165) is 5.56 Å². The Bertz CT molecular complexity index is 465. The van der Waals surface area contributed by atoms with Crippen LogP contribution in [-0.4, -0.2) is 21.4 Å². The Morgan fingerprint density at radius 2 is 1.75 bits per heavy atom. The number of nitrogens with zero attached hydrogens (tertiary/aromatic N) is 1. The summed E-state index contributed by atoms with van der Waals surface area (Å²) in [5.41, 5.74) is 0.995. The third kappa shape index (κ3) is 3.83. The van der Waals surface area contributed by atoms with Gasteiger partial charge in [0.1, 0.15) is 4.90 Å². The summed E-state index contributed by atoms with van der Waals surface area (Å²) in [4.78, 5) is 3.77. The van der Waals surface area contributed by atoms with Crippen molar-refractivity contribution >= 4 is 28.4 Å². The number of hydrogen-bond acceptors (Lipinski definition) is 4. The highest BCUT2D eigenvalue weighted by Crippen LogP contribution is 2.13. The van der Waals surface area contributed by atoms with Gasteiger partial charge in [-0.05, 0) is 19.1 Å². The molecule has 0 saturated carbocycles. The largest absolute Gasteiger partial charge is 0.364 e. The molecule has 90 valence electrons. The van der Waals surface area contributed by atoms with Gasteiger partial charge in [-0.1, -0.05) is 17.7 Å². The molecule has 0 aliphatic rings. The number of aryl methyl sites for hydroxylation is 1. The number of rotatable bonds is 2. The molecule has 0 amide bonds. The monoisotopic (exact) mass is 263 g/mol. The van der Waals surface area contributed by atoms with E-state index in [2.05, 4.69) is 4.99 Å². The van der Waals surface area contributed by atoms with Crippen molar-refractivity contribution < 1.29 is 12.6 Å². The second-order valence-electron chi connectivity index (χ2n) is 3.09. The minimum Gasteiger partial charge on any atom is -0.364 e. The molecule has 0 radical (unpaired) electrons. The van der Waals surface area contributed by atoms with Crippen molar-refractivity contribution in [3.63, 3.8) is 0 Å². The topological polar surface area (TPSA) is 55.7 Å². The number of halogens is 1. The van der Waals surface area contributed by atoms with Crippen molar-refractivity contribution in [2.45, 2.75) is 18.7 Å². The Hall–Kier alpha value is -1.07. The number of hydrogen-bond donors (Lipinski definition) is 0. The van der Waals surface area contributed by atoms with Gasteiger partial charge in [0.05, 0.1) is 0 Å². The molecule has 6 heteroatoms. The highest BCUT2D eigenvalue weighted by Gasteiger charge is 2.15. The molecule has 0 N–H and O–H groups in total. The highest BCUT2D eigenvalue weighted by molar-refractivity contribution is 7.87. The van der Waals surface area contributed by atoms with Crippen LogP contribution in [0.3, 0.4) is 0 Å². The third-order valence-corrected chi connectivity index (χ3v) is 3.16. The van der Waals surface area contributed by atoms with E-state index in [-0.39, 0.29) is 23.2 Å². The predicted molar refractivity (Wildman–Crippen MR) is 65.7 cm³/mol. The quantitative estimate of drug-likeness (QED) is 0.467. The Morgan fingerprint density at radius 1 is 1.25 bits per heavy atom. The van der Waals surface area contributed by atoms with Crippen molar-refractivity contribution in [1.82, 2.24) is 0 Å². The van der Waals surface area contributed by atoms with E-state index in [4.69, 9.17) is 4.18 Å². The molecule has 0 unspecified atom stereocenters. The van der Waals surface area contributed by atoms with E-state index in [0.29, 0.717) is 0 Å². The smallest absolute Gasteiger partial charge is 0.340 e. The van der Waals surface area contributed by atoms with Gasteiger partial charge >= 0.3 is 10.1 Å². The first-order chi connectivity index (χ1) is 6.95. The second kappa shape index (κ2) is 5.86. The van der Waals surface area contributed by atoms with Crippen LogP contribution in [0.5, 0.6) is 0 Å². The fourth-order valence-electron chi connectivity index (χ4n) is 0.949. The summed E-state index contributed by atoms with van der Waals surface area (Å²) < 4.78 is 28.0.